The number of nitrogens with zero attached hydrogens (tertiary/aromatic N) is 3. The Labute approximate surface area is 114 Å². The molecule has 0 amide bonds. The van der Waals surface area contributed by atoms with E-state index in [1.807, 2.05) is 12.3 Å². The summed E-state index contributed by atoms with van der Waals surface area (Å²) in [6.07, 6.45) is 5.90. The average Bonchev–Trinajstić information content (AvgIpc) is 2.70. The Morgan fingerprint density at radius 3 is 2.63 bits per heavy atom. The molecule has 19 heavy (non-hydrogen) atoms. The summed E-state index contributed by atoms with van der Waals surface area (Å²) in [5.74, 6) is 2.38. The second-order valence-electron chi connectivity index (χ2n) is 6.08. The van der Waals surface area contributed by atoms with Crippen molar-refractivity contribution < 1.29 is 0 Å². The summed E-state index contributed by atoms with van der Waals surface area (Å²) in [5.41, 5.74) is 9.35. The molecule has 0 aliphatic heterocycles. The van der Waals surface area contributed by atoms with Crippen molar-refractivity contribution in [3.8, 4) is 0 Å². The SMILES string of the molecule is CC(C)c1cnn2c(N)cc(C(C)C3CCC3)nc12. The van der Waals surface area contributed by atoms with Crippen LogP contribution in [0, 0.1) is 5.92 Å². The minimum Gasteiger partial charge on any atom is -0.384 e. The Kier molecular flexibility index (Phi) is 2.96. The molecule has 2 aromatic heterocycles. The van der Waals surface area contributed by atoms with Crippen LogP contribution >= 0.6 is 0 Å². The van der Waals surface area contributed by atoms with E-state index in [4.69, 9.17) is 10.7 Å². The summed E-state index contributed by atoms with van der Waals surface area (Å²) in [4.78, 5) is 4.84. The van der Waals surface area contributed by atoms with Crippen LogP contribution < -0.4 is 5.73 Å². The molecule has 1 atom stereocenters. The van der Waals surface area contributed by atoms with Crippen LogP contribution in [0.25, 0.3) is 5.65 Å². The van der Waals surface area contributed by atoms with Gasteiger partial charge in [-0.15, -0.1) is 0 Å². The van der Waals surface area contributed by atoms with Crippen molar-refractivity contribution in [3.63, 3.8) is 0 Å². The predicted octanol–water partition coefficient (Wildman–Crippen LogP) is 3.34. The zero-order chi connectivity index (χ0) is 13.6. The maximum absolute atomic E-state index is 6.13. The molecule has 2 N–H and O–H groups in total. The highest BCUT2D eigenvalue weighted by Gasteiger charge is 2.27. The van der Waals surface area contributed by atoms with Gasteiger partial charge in [0.2, 0.25) is 0 Å². The van der Waals surface area contributed by atoms with E-state index in [1.165, 1.54) is 24.8 Å². The van der Waals surface area contributed by atoms with E-state index in [9.17, 15) is 0 Å². The fraction of sp³-hybridized carbons (Fsp3) is 0.600. The van der Waals surface area contributed by atoms with Gasteiger partial charge in [0.15, 0.2) is 5.65 Å². The number of hydrogen-bond acceptors (Lipinski definition) is 3. The Morgan fingerprint density at radius 2 is 2.05 bits per heavy atom. The van der Waals surface area contributed by atoms with Crippen molar-refractivity contribution in [3.05, 3.63) is 23.5 Å². The first-order valence-electron chi connectivity index (χ1n) is 7.22. The first-order valence-corrected chi connectivity index (χ1v) is 7.22. The highest BCUT2D eigenvalue weighted by atomic mass is 15.3. The fourth-order valence-electron chi connectivity index (χ4n) is 2.84. The van der Waals surface area contributed by atoms with Gasteiger partial charge in [-0.3, -0.25) is 0 Å². The second-order valence-corrected chi connectivity index (χ2v) is 6.08. The van der Waals surface area contributed by atoms with Gasteiger partial charge in [0.1, 0.15) is 5.82 Å². The summed E-state index contributed by atoms with van der Waals surface area (Å²) >= 11 is 0. The number of rotatable bonds is 3. The maximum Gasteiger partial charge on any atom is 0.161 e. The van der Waals surface area contributed by atoms with Gasteiger partial charge in [0, 0.05) is 23.2 Å². The van der Waals surface area contributed by atoms with Gasteiger partial charge in [-0.2, -0.15) is 9.61 Å². The molecule has 1 fully saturated rings. The lowest BCUT2D eigenvalue weighted by Gasteiger charge is -2.31. The Morgan fingerprint density at radius 1 is 1.32 bits per heavy atom. The fourth-order valence-corrected chi connectivity index (χ4v) is 2.84. The number of nitrogens with two attached hydrogens (primary N) is 1. The van der Waals surface area contributed by atoms with E-state index in [2.05, 4.69) is 25.9 Å². The van der Waals surface area contributed by atoms with E-state index in [-0.39, 0.29) is 0 Å². The zero-order valence-corrected chi connectivity index (χ0v) is 11.9. The molecule has 2 heterocycles. The largest absolute Gasteiger partial charge is 0.384 e. The lowest BCUT2D eigenvalue weighted by Crippen LogP contribution is -2.19. The first-order chi connectivity index (χ1) is 9.08. The van der Waals surface area contributed by atoms with Crippen molar-refractivity contribution in [2.75, 3.05) is 5.73 Å². The summed E-state index contributed by atoms with van der Waals surface area (Å²) in [6.45, 7) is 6.60. The molecule has 1 aliphatic rings. The van der Waals surface area contributed by atoms with Crippen LogP contribution in [0.3, 0.4) is 0 Å². The third-order valence-corrected chi connectivity index (χ3v) is 4.49. The van der Waals surface area contributed by atoms with Crippen LogP contribution in [0.4, 0.5) is 5.82 Å². The number of anilines is 1. The standard InChI is InChI=1S/C15H22N4/c1-9(2)12-8-17-19-14(16)7-13(18-15(12)19)10(3)11-5-4-6-11/h7-11H,4-6,16H2,1-3H3. The van der Waals surface area contributed by atoms with Crippen LogP contribution in [0.5, 0.6) is 0 Å². The third-order valence-electron chi connectivity index (χ3n) is 4.49. The zero-order valence-electron chi connectivity index (χ0n) is 11.9. The summed E-state index contributed by atoms with van der Waals surface area (Å²) in [5, 5.41) is 4.35. The van der Waals surface area contributed by atoms with Gasteiger partial charge in [0.05, 0.1) is 6.20 Å². The highest BCUT2D eigenvalue weighted by molar-refractivity contribution is 5.54. The van der Waals surface area contributed by atoms with Gasteiger partial charge in [-0.1, -0.05) is 27.2 Å². The van der Waals surface area contributed by atoms with E-state index in [1.54, 1.807) is 4.52 Å². The van der Waals surface area contributed by atoms with Crippen molar-refractivity contribution >= 4 is 11.5 Å². The molecule has 1 saturated carbocycles. The Bertz CT molecular complexity index is 595. The second kappa shape index (κ2) is 4.51. The molecule has 0 radical (unpaired) electrons. The van der Waals surface area contributed by atoms with E-state index < -0.39 is 0 Å². The minimum absolute atomic E-state index is 0.415. The molecule has 2 aromatic rings. The molecule has 4 nitrogen and oxygen atoms in total. The van der Waals surface area contributed by atoms with Crippen molar-refractivity contribution in [2.24, 2.45) is 5.92 Å². The normalized spacial score (nSPS) is 17.9. The molecule has 0 spiro atoms. The molecule has 0 bridgehead atoms. The lowest BCUT2D eigenvalue weighted by atomic mass is 9.75. The minimum atomic E-state index is 0.415. The lowest BCUT2D eigenvalue weighted by molar-refractivity contribution is 0.269. The van der Waals surface area contributed by atoms with Crippen LogP contribution in [-0.2, 0) is 0 Å². The summed E-state index contributed by atoms with van der Waals surface area (Å²) in [6, 6.07) is 1.99. The van der Waals surface area contributed by atoms with Crippen LogP contribution in [0.2, 0.25) is 0 Å². The average molecular weight is 258 g/mol. The topological polar surface area (TPSA) is 56.2 Å². The molecular weight excluding hydrogens is 236 g/mol. The summed E-state index contributed by atoms with van der Waals surface area (Å²) in [7, 11) is 0. The highest BCUT2D eigenvalue weighted by Crippen LogP contribution is 2.39. The molecule has 102 valence electrons. The van der Waals surface area contributed by atoms with E-state index in [0.717, 1.165) is 17.3 Å². The van der Waals surface area contributed by atoms with Crippen LogP contribution in [0.15, 0.2) is 12.3 Å². The van der Waals surface area contributed by atoms with Gasteiger partial charge < -0.3 is 5.73 Å². The summed E-state index contributed by atoms with van der Waals surface area (Å²) < 4.78 is 1.76. The molecule has 1 unspecified atom stereocenters. The smallest absolute Gasteiger partial charge is 0.161 e. The number of hydrogen-bond donors (Lipinski definition) is 1. The van der Waals surface area contributed by atoms with E-state index >= 15 is 0 Å². The van der Waals surface area contributed by atoms with Gasteiger partial charge in [0.25, 0.3) is 0 Å². The molecule has 3 rings (SSSR count). The number of fused-ring (bicyclic) bond motifs is 1. The first kappa shape index (κ1) is 12.5. The molecule has 0 aromatic carbocycles. The van der Waals surface area contributed by atoms with Crippen molar-refractivity contribution in [1.29, 1.82) is 0 Å². The van der Waals surface area contributed by atoms with Crippen LogP contribution in [0.1, 0.15) is 63.1 Å². The molecule has 4 heteroatoms. The molecule has 0 saturated heterocycles. The van der Waals surface area contributed by atoms with E-state index in [0.29, 0.717) is 17.7 Å². The van der Waals surface area contributed by atoms with Crippen molar-refractivity contribution in [1.82, 2.24) is 14.6 Å². The third kappa shape index (κ3) is 1.99. The number of aromatic nitrogens is 3. The maximum atomic E-state index is 6.13. The van der Waals surface area contributed by atoms with Gasteiger partial charge >= 0.3 is 0 Å². The molecular formula is C15H22N4. The van der Waals surface area contributed by atoms with Gasteiger partial charge in [-0.25, -0.2) is 4.98 Å². The molecule has 1 aliphatic carbocycles. The van der Waals surface area contributed by atoms with Crippen molar-refractivity contribution in [2.45, 2.75) is 51.9 Å². The van der Waals surface area contributed by atoms with Crippen LogP contribution in [-0.4, -0.2) is 14.6 Å². The predicted molar refractivity (Wildman–Crippen MR) is 77.2 cm³/mol. The Balaban J connectivity index is 2.08. The Hall–Kier alpha value is -1.58. The monoisotopic (exact) mass is 258 g/mol. The van der Waals surface area contributed by atoms with Gasteiger partial charge in [-0.05, 0) is 24.7 Å². The number of nitrogen functional groups attached to an aromatic ring is 1. The quantitative estimate of drug-likeness (QED) is 0.918.